The molecule has 0 aliphatic rings. The van der Waals surface area contributed by atoms with Gasteiger partial charge in [0.15, 0.2) is 0 Å². The molecule has 0 spiro atoms. The Kier molecular flexibility index (Phi) is 7.96. The van der Waals surface area contributed by atoms with E-state index >= 15 is 0 Å². The Bertz CT molecular complexity index is 1530. The van der Waals surface area contributed by atoms with Crippen LogP contribution in [0.2, 0.25) is 20.1 Å². The van der Waals surface area contributed by atoms with E-state index < -0.39 is 22.8 Å². The maximum absolute atomic E-state index is 13.3. The normalized spacial score (nSPS) is 13.2. The van der Waals surface area contributed by atoms with Gasteiger partial charge in [0.25, 0.3) is 5.91 Å². The fourth-order valence-corrected chi connectivity index (χ4v) is 5.55. The van der Waals surface area contributed by atoms with E-state index in [1.807, 2.05) is 18.2 Å². The van der Waals surface area contributed by atoms with Gasteiger partial charge in [-0.25, -0.2) is 9.78 Å². The lowest BCUT2D eigenvalue weighted by atomic mass is 9.69. The molecule has 4 aromatic rings. The summed E-state index contributed by atoms with van der Waals surface area (Å²) in [6.07, 6.45) is 0.00762. The fourth-order valence-electron chi connectivity index (χ4n) is 4.39. The van der Waals surface area contributed by atoms with Gasteiger partial charge < -0.3 is 10.4 Å². The minimum Gasteiger partial charge on any atom is -0.479 e. The number of carboxylic acids is 1. The molecule has 0 radical (unpaired) electrons. The zero-order valence-corrected chi connectivity index (χ0v) is 23.8. The highest BCUT2D eigenvalue weighted by Gasteiger charge is 2.50. The molecule has 0 saturated heterocycles. The second-order valence-corrected chi connectivity index (χ2v) is 11.6. The molecule has 1 heterocycles. The molecule has 1 amide bonds. The molecule has 0 aliphatic heterocycles. The second-order valence-electron chi connectivity index (χ2n) is 10.0. The van der Waals surface area contributed by atoms with Crippen molar-refractivity contribution in [2.24, 2.45) is 5.41 Å². The average Bonchev–Trinajstić information content (AvgIpc) is 2.82. The zero-order valence-electron chi connectivity index (χ0n) is 20.8. The number of halogens is 4. The van der Waals surface area contributed by atoms with Gasteiger partial charge in [0.2, 0.25) is 0 Å². The molecule has 4 rings (SSSR count). The van der Waals surface area contributed by atoms with Crippen molar-refractivity contribution in [3.8, 4) is 11.3 Å². The number of carbonyl (C=O) groups excluding carboxylic acids is 1. The van der Waals surface area contributed by atoms with E-state index in [0.717, 1.165) is 5.39 Å². The number of rotatable bonds is 6. The van der Waals surface area contributed by atoms with E-state index in [1.54, 1.807) is 57.2 Å². The van der Waals surface area contributed by atoms with Gasteiger partial charge in [0.05, 0.1) is 36.9 Å². The van der Waals surface area contributed by atoms with Crippen LogP contribution in [0.3, 0.4) is 0 Å². The number of aliphatic carboxylic acids is 1. The van der Waals surface area contributed by atoms with Crippen molar-refractivity contribution in [3.63, 3.8) is 0 Å². The number of nitrogens with zero attached hydrogens (tertiary/aromatic N) is 1. The number of nitrogens with one attached hydrogen (secondary N) is 1. The molecule has 2 N–H and O–H groups in total. The summed E-state index contributed by atoms with van der Waals surface area (Å²) < 4.78 is 0. The maximum atomic E-state index is 13.3. The molecule has 38 heavy (non-hydrogen) atoms. The second kappa shape index (κ2) is 10.7. The third-order valence-electron chi connectivity index (χ3n) is 6.60. The van der Waals surface area contributed by atoms with Crippen LogP contribution in [0.1, 0.15) is 36.7 Å². The summed E-state index contributed by atoms with van der Waals surface area (Å²) in [6.45, 7) is 5.29. The fraction of sp³-hybridized carbons (Fsp3) is 0.207. The SMILES string of the molecule is CC(C)(C)C(Cc1ccc2nc(-c3c(Cl)cccc3Cl)ccc2c1)(NC(=O)c1c(Cl)cccc1Cl)C(=O)O. The van der Waals surface area contributed by atoms with Gasteiger partial charge in [-0.3, -0.25) is 4.79 Å². The first-order valence-electron chi connectivity index (χ1n) is 11.7. The van der Waals surface area contributed by atoms with Crippen molar-refractivity contribution in [1.82, 2.24) is 10.3 Å². The molecule has 1 unspecified atom stereocenters. The number of carboxylic acid groups (broad SMARTS) is 1. The summed E-state index contributed by atoms with van der Waals surface area (Å²) in [5.41, 5.74) is 0.106. The van der Waals surface area contributed by atoms with Crippen LogP contribution in [0.5, 0.6) is 0 Å². The van der Waals surface area contributed by atoms with E-state index in [2.05, 4.69) is 5.32 Å². The molecule has 9 heteroatoms. The van der Waals surface area contributed by atoms with Crippen molar-refractivity contribution in [2.45, 2.75) is 32.7 Å². The quantitative estimate of drug-likeness (QED) is 0.237. The van der Waals surface area contributed by atoms with Gasteiger partial charge in [-0.2, -0.15) is 0 Å². The first-order chi connectivity index (χ1) is 17.8. The van der Waals surface area contributed by atoms with E-state index in [-0.39, 0.29) is 22.0 Å². The highest BCUT2D eigenvalue weighted by molar-refractivity contribution is 6.40. The van der Waals surface area contributed by atoms with Crippen LogP contribution in [0.4, 0.5) is 0 Å². The van der Waals surface area contributed by atoms with Crippen molar-refractivity contribution < 1.29 is 14.7 Å². The standard InChI is InChI=1S/C29H24Cl4N2O3/c1-28(2,3)29(27(37)38,35-26(36)25-20(32)8-5-9-21(25)33)15-16-10-12-22-17(14-16)11-13-23(34-22)24-18(30)6-4-7-19(24)31/h4-14H,15H2,1-3H3,(H,35,36)(H,37,38). The first kappa shape index (κ1) is 28.2. The van der Waals surface area contributed by atoms with Crippen molar-refractivity contribution >= 4 is 69.2 Å². The highest BCUT2D eigenvalue weighted by Crippen LogP contribution is 2.37. The Morgan fingerprint density at radius 2 is 1.42 bits per heavy atom. The lowest BCUT2D eigenvalue weighted by Gasteiger charge is -2.42. The first-order valence-corrected chi connectivity index (χ1v) is 13.2. The molecule has 0 fully saturated rings. The Balaban J connectivity index is 1.74. The minimum absolute atomic E-state index is 0.00762. The van der Waals surface area contributed by atoms with Crippen LogP contribution in [-0.4, -0.2) is 27.5 Å². The molecule has 1 atom stereocenters. The highest BCUT2D eigenvalue weighted by atomic mass is 35.5. The summed E-state index contributed by atoms with van der Waals surface area (Å²) in [6, 6.07) is 19.1. The molecule has 196 valence electrons. The van der Waals surface area contributed by atoms with Crippen LogP contribution in [0, 0.1) is 5.41 Å². The summed E-state index contributed by atoms with van der Waals surface area (Å²) >= 11 is 25.2. The summed E-state index contributed by atoms with van der Waals surface area (Å²) in [4.78, 5) is 30.8. The third-order valence-corrected chi connectivity index (χ3v) is 7.86. The van der Waals surface area contributed by atoms with E-state index in [1.165, 1.54) is 12.1 Å². The van der Waals surface area contributed by atoms with Gasteiger partial charge >= 0.3 is 5.97 Å². The monoisotopic (exact) mass is 588 g/mol. The smallest absolute Gasteiger partial charge is 0.330 e. The van der Waals surface area contributed by atoms with Crippen LogP contribution in [0.15, 0.2) is 66.7 Å². The molecule has 0 saturated carbocycles. The molecular weight excluding hydrogens is 566 g/mol. The minimum atomic E-state index is -1.68. The van der Waals surface area contributed by atoms with E-state index in [9.17, 15) is 14.7 Å². The van der Waals surface area contributed by atoms with Gasteiger partial charge in [0.1, 0.15) is 5.54 Å². The lowest BCUT2D eigenvalue weighted by molar-refractivity contribution is -0.149. The van der Waals surface area contributed by atoms with Gasteiger partial charge in [-0.15, -0.1) is 0 Å². The van der Waals surface area contributed by atoms with Crippen molar-refractivity contribution in [1.29, 1.82) is 0 Å². The van der Waals surface area contributed by atoms with E-state index in [0.29, 0.717) is 32.4 Å². The number of fused-ring (bicyclic) bond motifs is 1. The number of amides is 1. The third kappa shape index (κ3) is 5.34. The lowest BCUT2D eigenvalue weighted by Crippen LogP contribution is -2.63. The van der Waals surface area contributed by atoms with E-state index in [4.69, 9.17) is 51.4 Å². The number of aromatic nitrogens is 1. The maximum Gasteiger partial charge on any atom is 0.330 e. The Labute approximate surface area is 240 Å². The van der Waals surface area contributed by atoms with Crippen LogP contribution < -0.4 is 5.32 Å². The number of pyridine rings is 1. The number of hydrogen-bond acceptors (Lipinski definition) is 3. The van der Waals surface area contributed by atoms with Gasteiger partial charge in [-0.1, -0.05) is 91.4 Å². The molecule has 5 nitrogen and oxygen atoms in total. The molecular formula is C29H24Cl4N2O3. The summed E-state index contributed by atoms with van der Waals surface area (Å²) in [5, 5.41) is 15.3. The van der Waals surface area contributed by atoms with Gasteiger partial charge in [0, 0.05) is 17.4 Å². The zero-order chi connectivity index (χ0) is 27.8. The predicted molar refractivity (Wildman–Crippen MR) is 155 cm³/mol. The topological polar surface area (TPSA) is 79.3 Å². The summed E-state index contributed by atoms with van der Waals surface area (Å²) in [5.74, 6) is -1.84. The number of benzene rings is 3. The number of hydrogen-bond donors (Lipinski definition) is 2. The molecule has 0 aliphatic carbocycles. The van der Waals surface area contributed by atoms with Crippen LogP contribution in [0.25, 0.3) is 22.2 Å². The molecule has 3 aromatic carbocycles. The van der Waals surface area contributed by atoms with Crippen LogP contribution >= 0.6 is 46.4 Å². The Morgan fingerprint density at radius 1 is 0.842 bits per heavy atom. The average molecular weight is 590 g/mol. The number of carbonyl (C=O) groups is 2. The van der Waals surface area contributed by atoms with Crippen molar-refractivity contribution in [2.75, 3.05) is 0 Å². The Morgan fingerprint density at radius 3 is 1.97 bits per heavy atom. The van der Waals surface area contributed by atoms with Crippen LogP contribution in [-0.2, 0) is 11.2 Å². The molecule has 1 aromatic heterocycles. The van der Waals surface area contributed by atoms with Gasteiger partial charge in [-0.05, 0) is 53.4 Å². The Hall–Kier alpha value is -2.83. The van der Waals surface area contributed by atoms with Crippen molar-refractivity contribution in [3.05, 3.63) is 97.9 Å². The largest absolute Gasteiger partial charge is 0.479 e. The molecule has 0 bridgehead atoms. The predicted octanol–water partition coefficient (Wildman–Crippen LogP) is 8.36. The summed E-state index contributed by atoms with van der Waals surface area (Å²) in [7, 11) is 0.